The standard InChI is InChI=1S/C9H11NO/c1-7-3-5-9(6-4-7)8(2)10-11/h3-6,10-11H,2H2,1H3. The lowest BCUT2D eigenvalue weighted by Gasteiger charge is -2.02. The van der Waals surface area contributed by atoms with Crippen molar-refractivity contribution in [3.05, 3.63) is 42.0 Å². The fourth-order valence-electron chi connectivity index (χ4n) is 0.819. The molecule has 2 nitrogen and oxygen atoms in total. The minimum atomic E-state index is 0.519. The molecule has 1 aromatic carbocycles. The first-order chi connectivity index (χ1) is 5.24. The number of rotatable bonds is 2. The van der Waals surface area contributed by atoms with Gasteiger partial charge in [-0.3, -0.25) is 10.7 Å². The second kappa shape index (κ2) is 3.21. The van der Waals surface area contributed by atoms with E-state index in [4.69, 9.17) is 5.21 Å². The topological polar surface area (TPSA) is 32.3 Å². The van der Waals surface area contributed by atoms with E-state index >= 15 is 0 Å². The Morgan fingerprint density at radius 3 is 2.36 bits per heavy atom. The molecule has 0 saturated carbocycles. The van der Waals surface area contributed by atoms with Crippen molar-refractivity contribution in [2.75, 3.05) is 0 Å². The van der Waals surface area contributed by atoms with E-state index in [0.29, 0.717) is 5.70 Å². The average Bonchev–Trinajstić information content (AvgIpc) is 2.05. The van der Waals surface area contributed by atoms with Crippen LogP contribution in [-0.2, 0) is 0 Å². The monoisotopic (exact) mass is 149 g/mol. The molecule has 0 spiro atoms. The molecular formula is C9H11NO. The fourth-order valence-corrected chi connectivity index (χ4v) is 0.819. The number of hydrogen-bond donors (Lipinski definition) is 2. The third-order valence-electron chi connectivity index (χ3n) is 1.53. The first kappa shape index (κ1) is 7.82. The molecule has 0 aliphatic carbocycles. The molecule has 0 amide bonds. The molecule has 0 atom stereocenters. The molecule has 1 rings (SSSR count). The van der Waals surface area contributed by atoms with Gasteiger partial charge in [0.15, 0.2) is 0 Å². The predicted molar refractivity (Wildman–Crippen MR) is 45.1 cm³/mol. The van der Waals surface area contributed by atoms with Crippen LogP contribution in [-0.4, -0.2) is 5.21 Å². The van der Waals surface area contributed by atoms with Gasteiger partial charge in [0, 0.05) is 0 Å². The van der Waals surface area contributed by atoms with Crippen LogP contribution in [0.3, 0.4) is 0 Å². The van der Waals surface area contributed by atoms with Gasteiger partial charge in [0.05, 0.1) is 5.70 Å². The summed E-state index contributed by atoms with van der Waals surface area (Å²) in [5.41, 5.74) is 4.62. The van der Waals surface area contributed by atoms with Crippen molar-refractivity contribution in [3.8, 4) is 0 Å². The van der Waals surface area contributed by atoms with Crippen LogP contribution in [0.5, 0.6) is 0 Å². The van der Waals surface area contributed by atoms with Crippen molar-refractivity contribution in [2.24, 2.45) is 0 Å². The van der Waals surface area contributed by atoms with Crippen molar-refractivity contribution in [2.45, 2.75) is 6.92 Å². The van der Waals surface area contributed by atoms with Gasteiger partial charge < -0.3 is 0 Å². The highest BCUT2D eigenvalue weighted by Crippen LogP contribution is 2.09. The molecule has 0 bridgehead atoms. The number of hydrogen-bond acceptors (Lipinski definition) is 2. The van der Waals surface area contributed by atoms with Gasteiger partial charge in [-0.15, -0.1) is 0 Å². The minimum Gasteiger partial charge on any atom is -0.291 e. The van der Waals surface area contributed by atoms with Crippen LogP contribution >= 0.6 is 0 Å². The smallest absolute Gasteiger partial charge is 0.0602 e. The Morgan fingerprint density at radius 1 is 1.36 bits per heavy atom. The van der Waals surface area contributed by atoms with Gasteiger partial charge in [-0.05, 0) is 12.5 Å². The molecule has 0 aliphatic heterocycles. The summed E-state index contributed by atoms with van der Waals surface area (Å²) >= 11 is 0. The zero-order valence-corrected chi connectivity index (χ0v) is 6.46. The van der Waals surface area contributed by atoms with Crippen LogP contribution in [0.15, 0.2) is 30.8 Å². The summed E-state index contributed by atoms with van der Waals surface area (Å²) in [6.07, 6.45) is 0. The van der Waals surface area contributed by atoms with Crippen LogP contribution in [0.1, 0.15) is 11.1 Å². The molecular weight excluding hydrogens is 138 g/mol. The van der Waals surface area contributed by atoms with Gasteiger partial charge in [0.25, 0.3) is 0 Å². The Bertz CT molecular complexity index is 251. The van der Waals surface area contributed by atoms with Gasteiger partial charge >= 0.3 is 0 Å². The van der Waals surface area contributed by atoms with Gasteiger partial charge in [0.2, 0.25) is 0 Å². The highest BCUT2D eigenvalue weighted by atomic mass is 16.5. The van der Waals surface area contributed by atoms with Crippen LogP contribution in [0.25, 0.3) is 5.70 Å². The van der Waals surface area contributed by atoms with Crippen molar-refractivity contribution < 1.29 is 5.21 Å². The maximum absolute atomic E-state index is 8.51. The van der Waals surface area contributed by atoms with E-state index in [0.717, 1.165) is 5.56 Å². The highest BCUT2D eigenvalue weighted by Gasteiger charge is 1.94. The van der Waals surface area contributed by atoms with Crippen molar-refractivity contribution in [1.82, 2.24) is 5.48 Å². The number of aryl methyl sites for hydroxylation is 1. The maximum atomic E-state index is 8.51. The van der Waals surface area contributed by atoms with Crippen molar-refractivity contribution >= 4 is 5.70 Å². The summed E-state index contributed by atoms with van der Waals surface area (Å²) in [6, 6.07) is 7.75. The quantitative estimate of drug-likeness (QED) is 0.630. The summed E-state index contributed by atoms with van der Waals surface area (Å²) in [4.78, 5) is 0. The van der Waals surface area contributed by atoms with Crippen LogP contribution in [0.2, 0.25) is 0 Å². The predicted octanol–water partition coefficient (Wildman–Crippen LogP) is 1.94. The molecule has 0 radical (unpaired) electrons. The molecule has 0 saturated heterocycles. The van der Waals surface area contributed by atoms with Crippen LogP contribution < -0.4 is 5.48 Å². The summed E-state index contributed by atoms with van der Waals surface area (Å²) in [5, 5.41) is 8.51. The molecule has 0 fully saturated rings. The second-order valence-electron chi connectivity index (χ2n) is 2.46. The van der Waals surface area contributed by atoms with E-state index in [1.165, 1.54) is 5.56 Å². The lowest BCUT2D eigenvalue weighted by Crippen LogP contribution is -2.03. The molecule has 2 heteroatoms. The summed E-state index contributed by atoms with van der Waals surface area (Å²) in [7, 11) is 0. The Morgan fingerprint density at radius 2 is 1.91 bits per heavy atom. The zero-order valence-electron chi connectivity index (χ0n) is 6.46. The highest BCUT2D eigenvalue weighted by molar-refractivity contribution is 5.60. The Labute approximate surface area is 66.1 Å². The molecule has 0 aliphatic rings. The lowest BCUT2D eigenvalue weighted by molar-refractivity contribution is 0.225. The fraction of sp³-hybridized carbons (Fsp3) is 0.111. The Hall–Kier alpha value is -1.28. The van der Waals surface area contributed by atoms with Crippen LogP contribution in [0, 0.1) is 6.92 Å². The molecule has 1 aromatic rings. The normalized spacial score (nSPS) is 9.27. The first-order valence-corrected chi connectivity index (χ1v) is 3.40. The molecule has 11 heavy (non-hydrogen) atoms. The van der Waals surface area contributed by atoms with E-state index in [1.807, 2.05) is 36.7 Å². The van der Waals surface area contributed by atoms with Gasteiger partial charge in [-0.25, -0.2) is 0 Å². The minimum absolute atomic E-state index is 0.519. The van der Waals surface area contributed by atoms with E-state index in [2.05, 4.69) is 6.58 Å². The van der Waals surface area contributed by atoms with Crippen molar-refractivity contribution in [1.29, 1.82) is 0 Å². The van der Waals surface area contributed by atoms with E-state index < -0.39 is 0 Å². The SMILES string of the molecule is C=C(NO)c1ccc(C)cc1. The van der Waals surface area contributed by atoms with Gasteiger partial charge in [-0.1, -0.05) is 36.4 Å². The first-order valence-electron chi connectivity index (χ1n) is 3.40. The summed E-state index contributed by atoms with van der Waals surface area (Å²) in [6.45, 7) is 5.62. The van der Waals surface area contributed by atoms with Crippen molar-refractivity contribution in [3.63, 3.8) is 0 Å². The largest absolute Gasteiger partial charge is 0.291 e. The van der Waals surface area contributed by atoms with E-state index in [1.54, 1.807) is 0 Å². The summed E-state index contributed by atoms with van der Waals surface area (Å²) in [5.74, 6) is 0. The lowest BCUT2D eigenvalue weighted by atomic mass is 10.1. The maximum Gasteiger partial charge on any atom is 0.0602 e. The van der Waals surface area contributed by atoms with E-state index in [-0.39, 0.29) is 0 Å². The average molecular weight is 149 g/mol. The number of nitrogens with one attached hydrogen (secondary N) is 1. The number of benzene rings is 1. The zero-order chi connectivity index (χ0) is 8.27. The van der Waals surface area contributed by atoms with E-state index in [9.17, 15) is 0 Å². The Kier molecular flexibility index (Phi) is 2.28. The molecule has 2 N–H and O–H groups in total. The van der Waals surface area contributed by atoms with Crippen LogP contribution in [0.4, 0.5) is 0 Å². The second-order valence-corrected chi connectivity index (χ2v) is 2.46. The molecule has 0 heterocycles. The van der Waals surface area contributed by atoms with Gasteiger partial charge in [-0.2, -0.15) is 0 Å². The third kappa shape index (κ3) is 1.82. The van der Waals surface area contributed by atoms with Gasteiger partial charge in [0.1, 0.15) is 0 Å². The Balaban J connectivity index is 2.90. The molecule has 58 valence electrons. The number of hydroxylamine groups is 1. The third-order valence-corrected chi connectivity index (χ3v) is 1.53. The molecule has 0 unspecified atom stereocenters. The molecule has 0 aromatic heterocycles. The summed E-state index contributed by atoms with van der Waals surface area (Å²) < 4.78 is 0.